The first kappa shape index (κ1) is 23.3. The van der Waals surface area contributed by atoms with Crippen molar-refractivity contribution in [2.75, 3.05) is 41.8 Å². The number of anilines is 3. The molecule has 188 valence electrons. The topological polar surface area (TPSA) is 142 Å². The van der Waals surface area contributed by atoms with E-state index in [-0.39, 0.29) is 23.5 Å². The largest absolute Gasteiger partial charge is 0.403 e. The molecule has 1 fully saturated rings. The fourth-order valence-corrected chi connectivity index (χ4v) is 4.38. The van der Waals surface area contributed by atoms with Crippen molar-refractivity contribution in [1.82, 2.24) is 15.2 Å². The van der Waals surface area contributed by atoms with E-state index >= 15 is 0 Å². The average Bonchev–Trinajstić information content (AvgIpc) is 3.39. The number of pyridine rings is 1. The second-order valence-electron chi connectivity index (χ2n) is 8.62. The molecule has 11 nitrogen and oxygen atoms in total. The minimum atomic E-state index is -1.02. The summed E-state index contributed by atoms with van der Waals surface area (Å²) in [5.74, 6) is 0.405. The fourth-order valence-electron chi connectivity index (χ4n) is 4.38. The number of rotatable bonds is 5. The van der Waals surface area contributed by atoms with Crippen LogP contribution in [-0.4, -0.2) is 59.3 Å². The van der Waals surface area contributed by atoms with Crippen LogP contribution in [0, 0.1) is 11.3 Å². The molecule has 0 aliphatic carbocycles. The summed E-state index contributed by atoms with van der Waals surface area (Å²) in [5.41, 5.74) is 3.86. The molecule has 2 N–H and O–H groups in total. The van der Waals surface area contributed by atoms with Gasteiger partial charge in [0.25, 0.3) is 11.8 Å². The van der Waals surface area contributed by atoms with Crippen LogP contribution in [0.1, 0.15) is 16.8 Å². The lowest BCUT2D eigenvalue weighted by Crippen LogP contribution is -2.37. The molecule has 1 amide bonds. The summed E-state index contributed by atoms with van der Waals surface area (Å²) in [6.07, 6.45) is -1.02. The quantitative estimate of drug-likeness (QED) is 0.418. The minimum absolute atomic E-state index is 0.0274. The zero-order chi connectivity index (χ0) is 25.9. The summed E-state index contributed by atoms with van der Waals surface area (Å²) < 4.78 is 11.4. The number of carbonyl (C=O) groups is 1. The molecule has 1 saturated heterocycles. The summed E-state index contributed by atoms with van der Waals surface area (Å²) in [4.78, 5) is 24.4. The van der Waals surface area contributed by atoms with Crippen molar-refractivity contribution in [1.29, 1.82) is 5.26 Å². The van der Waals surface area contributed by atoms with Crippen LogP contribution in [0.15, 0.2) is 76.1 Å². The van der Waals surface area contributed by atoms with E-state index in [1.807, 2.05) is 59.5 Å². The molecule has 1 atom stereocenters. The van der Waals surface area contributed by atoms with Crippen molar-refractivity contribution >= 4 is 29.1 Å². The third-order valence-electron chi connectivity index (χ3n) is 6.21. The summed E-state index contributed by atoms with van der Waals surface area (Å²) >= 11 is 0. The second kappa shape index (κ2) is 10.1. The SMILES string of the molecule is N#Cc1ccc(-c2nnc(N[C@H]3N=C(c4ccccc4)c4ccccc4NC3=O)o2)c(N2CCOCC2)n1. The first-order valence-electron chi connectivity index (χ1n) is 12.1. The monoisotopic (exact) mass is 506 g/mol. The molecule has 2 aromatic carbocycles. The molecule has 0 spiro atoms. The van der Waals surface area contributed by atoms with Crippen LogP contribution in [0.4, 0.5) is 17.5 Å². The van der Waals surface area contributed by atoms with Crippen molar-refractivity contribution in [3.63, 3.8) is 0 Å². The van der Waals surface area contributed by atoms with E-state index in [2.05, 4.69) is 31.9 Å². The molecule has 2 aliphatic rings. The predicted octanol–water partition coefficient (Wildman–Crippen LogP) is 3.07. The Hall–Kier alpha value is -5.08. The lowest BCUT2D eigenvalue weighted by atomic mass is 10.0. The number of aromatic nitrogens is 3. The minimum Gasteiger partial charge on any atom is -0.403 e. The Morgan fingerprint density at radius 3 is 2.58 bits per heavy atom. The van der Waals surface area contributed by atoms with Crippen molar-refractivity contribution in [2.24, 2.45) is 4.99 Å². The van der Waals surface area contributed by atoms with Crippen molar-refractivity contribution in [3.8, 4) is 17.5 Å². The number of ether oxygens (including phenoxy) is 1. The zero-order valence-corrected chi connectivity index (χ0v) is 20.2. The molecule has 38 heavy (non-hydrogen) atoms. The normalized spacial score (nSPS) is 17.0. The molecule has 6 rings (SSSR count). The van der Waals surface area contributed by atoms with Crippen LogP contribution in [0.5, 0.6) is 0 Å². The number of fused-ring (bicyclic) bond motifs is 1. The van der Waals surface area contributed by atoms with Gasteiger partial charge in [-0.3, -0.25) is 4.79 Å². The highest BCUT2D eigenvalue weighted by molar-refractivity contribution is 6.19. The number of hydrogen-bond donors (Lipinski definition) is 2. The number of nitriles is 1. The molecular weight excluding hydrogens is 484 g/mol. The number of carbonyl (C=O) groups excluding carboxylic acids is 1. The highest BCUT2D eigenvalue weighted by atomic mass is 16.5. The van der Waals surface area contributed by atoms with E-state index in [0.717, 1.165) is 11.1 Å². The molecule has 0 unspecified atom stereocenters. The Morgan fingerprint density at radius 2 is 1.76 bits per heavy atom. The predicted molar refractivity (Wildman–Crippen MR) is 140 cm³/mol. The Bertz CT molecular complexity index is 1550. The molecule has 2 aromatic heterocycles. The molecule has 4 aromatic rings. The van der Waals surface area contributed by atoms with Gasteiger partial charge in [0.1, 0.15) is 17.6 Å². The lowest BCUT2D eigenvalue weighted by molar-refractivity contribution is -0.116. The molecule has 0 bridgehead atoms. The number of amides is 1. The van der Waals surface area contributed by atoms with Crippen LogP contribution in [0.25, 0.3) is 11.5 Å². The maximum Gasteiger partial charge on any atom is 0.317 e. The number of morpholine rings is 1. The van der Waals surface area contributed by atoms with Crippen molar-refractivity contribution < 1.29 is 13.9 Å². The third-order valence-corrected chi connectivity index (χ3v) is 6.21. The second-order valence-corrected chi connectivity index (χ2v) is 8.62. The molecule has 2 aliphatic heterocycles. The van der Waals surface area contributed by atoms with Crippen LogP contribution in [0.3, 0.4) is 0 Å². The third kappa shape index (κ3) is 4.56. The van der Waals surface area contributed by atoms with Gasteiger partial charge in [0.05, 0.1) is 30.2 Å². The van der Waals surface area contributed by atoms with E-state index in [1.165, 1.54) is 0 Å². The molecule has 4 heterocycles. The summed E-state index contributed by atoms with van der Waals surface area (Å²) in [7, 11) is 0. The summed E-state index contributed by atoms with van der Waals surface area (Å²) in [6, 6.07) is 22.6. The Labute approximate surface area is 217 Å². The van der Waals surface area contributed by atoms with Gasteiger partial charge in [0.2, 0.25) is 6.17 Å². The van der Waals surface area contributed by atoms with Gasteiger partial charge < -0.3 is 24.7 Å². The summed E-state index contributed by atoms with van der Waals surface area (Å²) in [6.45, 7) is 2.34. The van der Waals surface area contributed by atoms with E-state index < -0.39 is 6.17 Å². The van der Waals surface area contributed by atoms with Gasteiger partial charge in [-0.05, 0) is 18.2 Å². The molecular formula is C27H22N8O3. The van der Waals surface area contributed by atoms with E-state index in [0.29, 0.717) is 49.1 Å². The van der Waals surface area contributed by atoms with Crippen LogP contribution in [-0.2, 0) is 9.53 Å². The van der Waals surface area contributed by atoms with Crippen LogP contribution >= 0.6 is 0 Å². The lowest BCUT2D eigenvalue weighted by Gasteiger charge is -2.28. The number of hydrogen-bond acceptors (Lipinski definition) is 10. The number of benzodiazepines with no additional fused rings is 1. The Balaban J connectivity index is 1.33. The van der Waals surface area contributed by atoms with Gasteiger partial charge in [-0.2, -0.15) is 5.26 Å². The Kier molecular flexibility index (Phi) is 6.21. The maximum absolute atomic E-state index is 13.1. The standard InChI is InChI=1S/C27H22N8O3/c28-16-18-10-11-20(24(29-18)35-12-14-37-15-13-35)26-33-34-27(38-26)32-23-25(36)30-21-9-5-4-8-19(21)22(31-23)17-6-2-1-3-7-17/h1-11,23H,12-15H2,(H,30,36)(H,32,34)/t23-/m1/s1. The van der Waals surface area contributed by atoms with E-state index in [9.17, 15) is 10.1 Å². The molecule has 0 radical (unpaired) electrons. The summed E-state index contributed by atoms with van der Waals surface area (Å²) in [5, 5.41) is 23.6. The van der Waals surface area contributed by atoms with Crippen LogP contribution in [0.2, 0.25) is 0 Å². The van der Waals surface area contributed by atoms with Gasteiger partial charge in [0.15, 0.2) is 0 Å². The average molecular weight is 507 g/mol. The smallest absolute Gasteiger partial charge is 0.317 e. The van der Waals surface area contributed by atoms with Gasteiger partial charge in [-0.15, -0.1) is 5.10 Å². The first-order valence-corrected chi connectivity index (χ1v) is 12.1. The molecule has 0 saturated carbocycles. The highest BCUT2D eigenvalue weighted by Crippen LogP contribution is 2.31. The van der Waals surface area contributed by atoms with Crippen molar-refractivity contribution in [2.45, 2.75) is 6.17 Å². The van der Waals surface area contributed by atoms with Gasteiger partial charge in [0, 0.05) is 24.2 Å². The zero-order valence-electron chi connectivity index (χ0n) is 20.2. The number of benzene rings is 2. The van der Waals surface area contributed by atoms with Gasteiger partial charge >= 0.3 is 6.01 Å². The highest BCUT2D eigenvalue weighted by Gasteiger charge is 2.28. The first-order chi connectivity index (χ1) is 18.7. The molecule has 11 heteroatoms. The van der Waals surface area contributed by atoms with Crippen molar-refractivity contribution in [3.05, 3.63) is 83.6 Å². The van der Waals surface area contributed by atoms with E-state index in [4.69, 9.17) is 14.1 Å². The number of para-hydroxylation sites is 1. The fraction of sp³-hybridized carbons (Fsp3) is 0.185. The number of nitrogens with one attached hydrogen (secondary N) is 2. The van der Waals surface area contributed by atoms with Gasteiger partial charge in [-0.1, -0.05) is 53.6 Å². The number of aliphatic imine (C=N–C) groups is 1. The van der Waals surface area contributed by atoms with Gasteiger partial charge in [-0.25, -0.2) is 9.98 Å². The Morgan fingerprint density at radius 1 is 0.974 bits per heavy atom. The van der Waals surface area contributed by atoms with Crippen LogP contribution < -0.4 is 15.5 Å². The maximum atomic E-state index is 13.1. The number of nitrogens with zero attached hydrogens (tertiary/aromatic N) is 6. The van der Waals surface area contributed by atoms with E-state index in [1.54, 1.807) is 12.1 Å².